The van der Waals surface area contributed by atoms with Crippen LogP contribution in [0.4, 0.5) is 5.95 Å². The van der Waals surface area contributed by atoms with Crippen LogP contribution in [0.1, 0.15) is 45.4 Å². The van der Waals surface area contributed by atoms with E-state index in [1.54, 1.807) is 14.0 Å². The lowest BCUT2D eigenvalue weighted by Gasteiger charge is -2.38. The van der Waals surface area contributed by atoms with Crippen LogP contribution in [0, 0.1) is 6.92 Å². The van der Waals surface area contributed by atoms with E-state index in [0.29, 0.717) is 17.5 Å². The number of amides is 1. The van der Waals surface area contributed by atoms with Gasteiger partial charge in [-0.1, -0.05) is 0 Å². The van der Waals surface area contributed by atoms with Crippen molar-refractivity contribution in [3.63, 3.8) is 0 Å². The summed E-state index contributed by atoms with van der Waals surface area (Å²) in [7, 11) is 1.62. The molecule has 1 fully saturated rings. The number of methoxy groups -OCH3 is 1. The van der Waals surface area contributed by atoms with Crippen molar-refractivity contribution in [1.82, 2.24) is 34.9 Å². The van der Waals surface area contributed by atoms with Crippen LogP contribution in [-0.4, -0.2) is 54.1 Å². The molecule has 0 aliphatic heterocycles. The van der Waals surface area contributed by atoms with Crippen molar-refractivity contribution in [3.8, 4) is 17.0 Å². The number of rotatable bonds is 5. The lowest BCUT2D eigenvalue weighted by molar-refractivity contribution is -0.121. The molecular formula is C23H28N8O2. The molecule has 1 aliphatic rings. The third-order valence-corrected chi connectivity index (χ3v) is 6.48. The molecule has 0 bridgehead atoms. The Morgan fingerprint density at radius 2 is 2.03 bits per heavy atom. The summed E-state index contributed by atoms with van der Waals surface area (Å²) in [5.41, 5.74) is 3.30. The highest BCUT2D eigenvalue weighted by atomic mass is 16.5. The standard InChI is InChI=1S/C23H28N8O2/c1-13-29-30-18-6-5-15(12-31(13)18)17-11-24-20-19(17)21(33-4)27-22(26-20)25-16-7-9-23(3,10-8-16)28-14(2)32/h5-6,11-12,16H,7-10H2,1-4H3,(H,28,32)(H2,24,25,26,27)/t16-,23-. The largest absolute Gasteiger partial charge is 0.480 e. The van der Waals surface area contributed by atoms with Crippen molar-refractivity contribution < 1.29 is 9.53 Å². The highest BCUT2D eigenvalue weighted by Crippen LogP contribution is 2.35. The highest BCUT2D eigenvalue weighted by Gasteiger charge is 2.32. The van der Waals surface area contributed by atoms with Crippen molar-refractivity contribution in [1.29, 1.82) is 0 Å². The zero-order valence-electron chi connectivity index (χ0n) is 19.3. The SMILES string of the molecule is COc1nc(N[C@H]2CC[C@](C)(NC(C)=O)CC2)nc2[nH]cc(-c3ccc4nnc(C)n4c3)c12. The number of pyridine rings is 1. The Hall–Kier alpha value is -3.69. The molecule has 172 valence electrons. The van der Waals surface area contributed by atoms with Crippen molar-refractivity contribution in [2.45, 2.75) is 58.0 Å². The van der Waals surface area contributed by atoms with E-state index in [0.717, 1.165) is 53.7 Å². The molecule has 33 heavy (non-hydrogen) atoms. The number of anilines is 1. The van der Waals surface area contributed by atoms with Gasteiger partial charge >= 0.3 is 0 Å². The number of hydrogen-bond acceptors (Lipinski definition) is 7. The van der Waals surface area contributed by atoms with Crippen LogP contribution in [0.5, 0.6) is 5.88 Å². The van der Waals surface area contributed by atoms with Crippen LogP contribution in [0.2, 0.25) is 0 Å². The number of nitrogens with one attached hydrogen (secondary N) is 3. The number of hydrogen-bond donors (Lipinski definition) is 3. The van der Waals surface area contributed by atoms with Crippen LogP contribution in [0.3, 0.4) is 0 Å². The molecule has 0 saturated heterocycles. The summed E-state index contributed by atoms with van der Waals surface area (Å²) in [6.07, 6.45) is 7.59. The number of aromatic amines is 1. The predicted molar refractivity (Wildman–Crippen MR) is 125 cm³/mol. The fourth-order valence-corrected chi connectivity index (χ4v) is 4.74. The van der Waals surface area contributed by atoms with Crippen molar-refractivity contribution in [3.05, 3.63) is 30.4 Å². The summed E-state index contributed by atoms with van der Waals surface area (Å²) in [6, 6.07) is 4.18. The first-order valence-electron chi connectivity index (χ1n) is 11.2. The zero-order chi connectivity index (χ0) is 23.2. The summed E-state index contributed by atoms with van der Waals surface area (Å²) in [5, 5.41) is 15.7. The Morgan fingerprint density at radius 1 is 1.24 bits per heavy atom. The molecule has 1 aliphatic carbocycles. The van der Waals surface area contributed by atoms with Crippen molar-refractivity contribution in [2.75, 3.05) is 12.4 Å². The Bertz CT molecular complexity index is 1330. The zero-order valence-corrected chi connectivity index (χ0v) is 19.3. The maximum atomic E-state index is 11.5. The first kappa shape index (κ1) is 21.2. The van der Waals surface area contributed by atoms with E-state index in [2.05, 4.69) is 37.7 Å². The van der Waals surface area contributed by atoms with Crippen LogP contribution in [0.25, 0.3) is 27.8 Å². The molecule has 10 nitrogen and oxygen atoms in total. The van der Waals surface area contributed by atoms with Gasteiger partial charge in [0.1, 0.15) is 11.5 Å². The van der Waals surface area contributed by atoms with Gasteiger partial charge in [-0.2, -0.15) is 9.97 Å². The van der Waals surface area contributed by atoms with Gasteiger partial charge in [0, 0.05) is 42.0 Å². The Morgan fingerprint density at radius 3 is 2.76 bits per heavy atom. The molecule has 0 unspecified atom stereocenters. The molecule has 4 heterocycles. The minimum Gasteiger partial charge on any atom is -0.480 e. The third-order valence-electron chi connectivity index (χ3n) is 6.48. The number of ether oxygens (including phenoxy) is 1. The number of aromatic nitrogens is 6. The summed E-state index contributed by atoms with van der Waals surface area (Å²) in [5.74, 6) is 1.89. The highest BCUT2D eigenvalue weighted by molar-refractivity contribution is 5.97. The fourth-order valence-electron chi connectivity index (χ4n) is 4.74. The second kappa shape index (κ2) is 8.02. The summed E-state index contributed by atoms with van der Waals surface area (Å²) >= 11 is 0. The van der Waals surface area contributed by atoms with Crippen LogP contribution < -0.4 is 15.4 Å². The van der Waals surface area contributed by atoms with Gasteiger partial charge in [-0.05, 0) is 51.7 Å². The average Bonchev–Trinajstić information content (AvgIpc) is 3.38. The second-order valence-corrected chi connectivity index (χ2v) is 9.04. The van der Waals surface area contributed by atoms with Crippen LogP contribution >= 0.6 is 0 Å². The summed E-state index contributed by atoms with van der Waals surface area (Å²) in [6.45, 7) is 5.60. The summed E-state index contributed by atoms with van der Waals surface area (Å²) in [4.78, 5) is 24.1. The Kier molecular flexibility index (Phi) is 5.15. The molecule has 4 aromatic heterocycles. The van der Waals surface area contributed by atoms with Crippen molar-refractivity contribution >= 4 is 28.5 Å². The van der Waals surface area contributed by atoms with E-state index < -0.39 is 0 Å². The van der Waals surface area contributed by atoms with Crippen LogP contribution in [0.15, 0.2) is 24.5 Å². The van der Waals surface area contributed by atoms with E-state index in [-0.39, 0.29) is 17.5 Å². The minimum atomic E-state index is -0.148. The van der Waals surface area contributed by atoms with E-state index in [1.807, 2.05) is 35.9 Å². The molecule has 0 aromatic carbocycles. The molecule has 0 radical (unpaired) electrons. The average molecular weight is 449 g/mol. The molecule has 10 heteroatoms. The normalized spacial score (nSPS) is 20.8. The number of nitrogens with zero attached hydrogens (tertiary/aromatic N) is 5. The lowest BCUT2D eigenvalue weighted by Crippen LogP contribution is -2.49. The fraction of sp³-hybridized carbons (Fsp3) is 0.435. The third kappa shape index (κ3) is 3.96. The molecule has 1 amide bonds. The quantitative estimate of drug-likeness (QED) is 0.428. The number of fused-ring (bicyclic) bond motifs is 2. The molecule has 4 aromatic rings. The number of carbonyl (C=O) groups is 1. The molecular weight excluding hydrogens is 420 g/mol. The first-order valence-corrected chi connectivity index (χ1v) is 11.2. The van der Waals surface area contributed by atoms with E-state index in [9.17, 15) is 4.79 Å². The van der Waals surface area contributed by atoms with Gasteiger partial charge in [-0.25, -0.2) is 0 Å². The van der Waals surface area contributed by atoms with Gasteiger partial charge in [-0.3, -0.25) is 9.20 Å². The van der Waals surface area contributed by atoms with Gasteiger partial charge in [0.25, 0.3) is 0 Å². The molecule has 3 N–H and O–H groups in total. The van der Waals surface area contributed by atoms with Gasteiger partial charge in [-0.15, -0.1) is 10.2 Å². The van der Waals surface area contributed by atoms with Gasteiger partial charge in [0.15, 0.2) is 5.65 Å². The van der Waals surface area contributed by atoms with Gasteiger partial charge < -0.3 is 20.4 Å². The van der Waals surface area contributed by atoms with Gasteiger partial charge in [0.05, 0.1) is 12.5 Å². The molecule has 0 spiro atoms. The van der Waals surface area contributed by atoms with E-state index in [1.165, 1.54) is 0 Å². The molecule has 1 saturated carbocycles. The van der Waals surface area contributed by atoms with Crippen molar-refractivity contribution in [2.24, 2.45) is 0 Å². The smallest absolute Gasteiger partial charge is 0.228 e. The summed E-state index contributed by atoms with van der Waals surface area (Å²) < 4.78 is 7.61. The van der Waals surface area contributed by atoms with E-state index >= 15 is 0 Å². The maximum absolute atomic E-state index is 11.5. The first-order chi connectivity index (χ1) is 15.8. The topological polar surface area (TPSA) is 122 Å². The second-order valence-electron chi connectivity index (χ2n) is 9.04. The van der Waals surface area contributed by atoms with Crippen LogP contribution in [-0.2, 0) is 4.79 Å². The minimum absolute atomic E-state index is 0.0172. The molecule has 5 rings (SSSR count). The maximum Gasteiger partial charge on any atom is 0.228 e. The molecule has 0 atom stereocenters. The number of carbonyl (C=O) groups excluding carboxylic acids is 1. The Labute approximate surface area is 191 Å². The predicted octanol–water partition coefficient (Wildman–Crippen LogP) is 3.23. The Balaban J connectivity index is 1.41. The van der Waals surface area contributed by atoms with E-state index in [4.69, 9.17) is 9.72 Å². The lowest BCUT2D eigenvalue weighted by atomic mass is 9.81. The number of aryl methyl sites for hydroxylation is 1. The monoisotopic (exact) mass is 448 g/mol. The van der Waals surface area contributed by atoms with Gasteiger partial charge in [0.2, 0.25) is 17.7 Å². The number of H-pyrrole nitrogens is 1.